The summed E-state index contributed by atoms with van der Waals surface area (Å²) in [4.78, 5) is 3.47. The normalized spacial score (nSPS) is 18.5. The Labute approximate surface area is 91.7 Å². The van der Waals surface area contributed by atoms with Gasteiger partial charge in [-0.15, -0.1) is 0 Å². The van der Waals surface area contributed by atoms with Gasteiger partial charge in [-0.05, 0) is 42.9 Å². The highest BCUT2D eigenvalue weighted by molar-refractivity contribution is 5.36. The van der Waals surface area contributed by atoms with E-state index in [4.69, 9.17) is 5.73 Å². The fraction of sp³-hybridized carbons (Fsp3) is 0.545. The van der Waals surface area contributed by atoms with Crippen LogP contribution in [0.2, 0.25) is 0 Å². The van der Waals surface area contributed by atoms with E-state index in [1.807, 2.05) is 0 Å². The van der Waals surface area contributed by atoms with Crippen LogP contribution in [-0.2, 0) is 11.6 Å². The summed E-state index contributed by atoms with van der Waals surface area (Å²) in [5.41, 5.74) is 4.65. The summed E-state index contributed by atoms with van der Waals surface area (Å²) in [5.74, 6) is 0. The van der Waals surface area contributed by atoms with Crippen molar-refractivity contribution in [3.63, 3.8) is 0 Å². The molecule has 1 saturated carbocycles. The Balaban J connectivity index is 2.41. The van der Waals surface area contributed by atoms with Gasteiger partial charge in [0.05, 0.1) is 0 Å². The second-order valence-corrected chi connectivity index (χ2v) is 4.22. The number of hydrogen-bond acceptors (Lipinski definition) is 2. The molecule has 0 spiro atoms. The SMILES string of the molecule is NCCC1(c2cccnc2C(F)(F)F)CC1. The van der Waals surface area contributed by atoms with Crippen molar-refractivity contribution >= 4 is 0 Å². The van der Waals surface area contributed by atoms with Crippen molar-refractivity contribution in [1.29, 1.82) is 0 Å². The minimum atomic E-state index is -4.37. The molecule has 0 aliphatic heterocycles. The van der Waals surface area contributed by atoms with Gasteiger partial charge in [0, 0.05) is 6.20 Å². The first-order valence-electron chi connectivity index (χ1n) is 5.22. The lowest BCUT2D eigenvalue weighted by molar-refractivity contribution is -0.142. The van der Waals surface area contributed by atoms with Gasteiger partial charge in [-0.1, -0.05) is 6.07 Å². The van der Waals surface area contributed by atoms with E-state index >= 15 is 0 Å². The van der Waals surface area contributed by atoms with Gasteiger partial charge in [-0.3, -0.25) is 4.98 Å². The number of rotatable bonds is 3. The molecule has 1 aromatic heterocycles. The van der Waals surface area contributed by atoms with Crippen LogP contribution in [0.4, 0.5) is 13.2 Å². The zero-order chi connectivity index (χ0) is 11.8. The molecule has 1 aromatic rings. The average Bonchev–Trinajstić information content (AvgIpc) is 2.98. The molecule has 88 valence electrons. The molecular formula is C11H13F3N2. The quantitative estimate of drug-likeness (QED) is 0.866. The number of alkyl halides is 3. The van der Waals surface area contributed by atoms with E-state index in [0.717, 1.165) is 12.8 Å². The van der Waals surface area contributed by atoms with Crippen LogP contribution in [0.3, 0.4) is 0 Å². The third kappa shape index (κ3) is 1.91. The number of pyridine rings is 1. The van der Waals surface area contributed by atoms with Crippen LogP contribution in [-0.4, -0.2) is 11.5 Å². The monoisotopic (exact) mass is 230 g/mol. The molecule has 1 aliphatic carbocycles. The molecule has 1 heterocycles. The van der Waals surface area contributed by atoms with Gasteiger partial charge in [0.25, 0.3) is 0 Å². The first-order chi connectivity index (χ1) is 7.49. The van der Waals surface area contributed by atoms with Crippen LogP contribution < -0.4 is 5.73 Å². The van der Waals surface area contributed by atoms with Crippen LogP contribution in [0.1, 0.15) is 30.5 Å². The number of nitrogens with two attached hydrogens (primary N) is 1. The van der Waals surface area contributed by atoms with Gasteiger partial charge in [0.15, 0.2) is 0 Å². The zero-order valence-electron chi connectivity index (χ0n) is 8.72. The fourth-order valence-corrected chi connectivity index (χ4v) is 2.14. The maximum absolute atomic E-state index is 12.8. The van der Waals surface area contributed by atoms with E-state index in [1.165, 1.54) is 12.3 Å². The van der Waals surface area contributed by atoms with Crippen molar-refractivity contribution in [2.45, 2.75) is 30.9 Å². The molecule has 5 heteroatoms. The second kappa shape index (κ2) is 3.73. The molecule has 0 bridgehead atoms. The average molecular weight is 230 g/mol. The van der Waals surface area contributed by atoms with Gasteiger partial charge in [-0.2, -0.15) is 13.2 Å². The number of nitrogens with zero attached hydrogens (tertiary/aromatic N) is 1. The first-order valence-corrected chi connectivity index (χ1v) is 5.22. The molecule has 0 saturated heterocycles. The Kier molecular flexibility index (Phi) is 2.66. The van der Waals surface area contributed by atoms with Gasteiger partial charge in [0.1, 0.15) is 5.69 Å². The Hall–Kier alpha value is -1.10. The predicted molar refractivity (Wildman–Crippen MR) is 53.8 cm³/mol. The molecule has 0 unspecified atom stereocenters. The maximum Gasteiger partial charge on any atom is 0.433 e. The minimum Gasteiger partial charge on any atom is -0.330 e. The fourth-order valence-electron chi connectivity index (χ4n) is 2.14. The summed E-state index contributed by atoms with van der Waals surface area (Å²) in [7, 11) is 0. The van der Waals surface area contributed by atoms with Crippen molar-refractivity contribution in [3.8, 4) is 0 Å². The summed E-state index contributed by atoms with van der Waals surface area (Å²) in [5, 5.41) is 0. The summed E-state index contributed by atoms with van der Waals surface area (Å²) in [6, 6.07) is 3.08. The van der Waals surface area contributed by atoms with Gasteiger partial charge >= 0.3 is 6.18 Å². The summed E-state index contributed by atoms with van der Waals surface area (Å²) >= 11 is 0. The largest absolute Gasteiger partial charge is 0.433 e. The van der Waals surface area contributed by atoms with E-state index in [9.17, 15) is 13.2 Å². The highest BCUT2D eigenvalue weighted by Crippen LogP contribution is 2.53. The molecule has 1 aliphatic rings. The molecule has 2 N–H and O–H groups in total. The van der Waals surface area contributed by atoms with Crippen LogP contribution in [0.25, 0.3) is 0 Å². The molecule has 0 aromatic carbocycles. The molecule has 2 nitrogen and oxygen atoms in total. The molecule has 0 radical (unpaired) electrons. The third-order valence-corrected chi connectivity index (χ3v) is 3.12. The highest BCUT2D eigenvalue weighted by atomic mass is 19.4. The highest BCUT2D eigenvalue weighted by Gasteiger charge is 2.49. The van der Waals surface area contributed by atoms with Crippen LogP contribution in [0.5, 0.6) is 0 Å². The van der Waals surface area contributed by atoms with Crippen LogP contribution in [0, 0.1) is 0 Å². The summed E-state index contributed by atoms with van der Waals surface area (Å²) in [6.45, 7) is 0.409. The van der Waals surface area contributed by atoms with Crippen molar-refractivity contribution in [1.82, 2.24) is 4.98 Å². The molecule has 16 heavy (non-hydrogen) atoms. The molecule has 0 atom stereocenters. The van der Waals surface area contributed by atoms with E-state index in [-0.39, 0.29) is 5.41 Å². The van der Waals surface area contributed by atoms with E-state index < -0.39 is 11.9 Å². The van der Waals surface area contributed by atoms with Crippen molar-refractivity contribution in [3.05, 3.63) is 29.6 Å². The standard InChI is InChI=1S/C11H13F3N2/c12-11(13,14)9-8(2-1-7-16-9)10(3-4-10)5-6-15/h1-2,7H,3-6,15H2. The van der Waals surface area contributed by atoms with E-state index in [2.05, 4.69) is 4.98 Å². The Morgan fingerprint density at radius 2 is 2.06 bits per heavy atom. The molecular weight excluding hydrogens is 217 g/mol. The summed E-state index contributed by atoms with van der Waals surface area (Å²) in [6.07, 6.45) is -1.04. The Bertz CT molecular complexity index is 383. The Morgan fingerprint density at radius 1 is 1.38 bits per heavy atom. The number of aromatic nitrogens is 1. The molecule has 0 amide bonds. The lowest BCUT2D eigenvalue weighted by atomic mass is 9.91. The predicted octanol–water partition coefficient (Wildman–Crippen LogP) is 2.48. The van der Waals surface area contributed by atoms with E-state index in [0.29, 0.717) is 18.5 Å². The van der Waals surface area contributed by atoms with Crippen molar-refractivity contribution in [2.24, 2.45) is 5.73 Å². The summed E-state index contributed by atoms with van der Waals surface area (Å²) < 4.78 is 38.3. The minimum absolute atomic E-state index is 0.313. The smallest absolute Gasteiger partial charge is 0.330 e. The number of hydrogen-bond donors (Lipinski definition) is 1. The maximum atomic E-state index is 12.8. The van der Waals surface area contributed by atoms with Gasteiger partial charge in [-0.25, -0.2) is 0 Å². The van der Waals surface area contributed by atoms with Crippen LogP contribution in [0.15, 0.2) is 18.3 Å². The molecule has 1 fully saturated rings. The van der Waals surface area contributed by atoms with Gasteiger partial charge in [0.2, 0.25) is 0 Å². The number of halogens is 3. The third-order valence-electron chi connectivity index (χ3n) is 3.12. The lowest BCUT2D eigenvalue weighted by Gasteiger charge is -2.19. The van der Waals surface area contributed by atoms with Crippen LogP contribution >= 0.6 is 0 Å². The lowest BCUT2D eigenvalue weighted by Crippen LogP contribution is -2.20. The molecule has 2 rings (SSSR count). The first kappa shape index (κ1) is 11.4. The topological polar surface area (TPSA) is 38.9 Å². The van der Waals surface area contributed by atoms with Gasteiger partial charge < -0.3 is 5.73 Å². The second-order valence-electron chi connectivity index (χ2n) is 4.22. The van der Waals surface area contributed by atoms with Crippen molar-refractivity contribution < 1.29 is 13.2 Å². The Morgan fingerprint density at radius 3 is 2.56 bits per heavy atom. The van der Waals surface area contributed by atoms with E-state index in [1.54, 1.807) is 6.07 Å². The zero-order valence-corrected chi connectivity index (χ0v) is 8.72. The van der Waals surface area contributed by atoms with Crippen molar-refractivity contribution in [2.75, 3.05) is 6.54 Å².